The van der Waals surface area contributed by atoms with Gasteiger partial charge >= 0.3 is 0 Å². The van der Waals surface area contributed by atoms with Gasteiger partial charge in [0.15, 0.2) is 5.96 Å². The van der Waals surface area contributed by atoms with Crippen molar-refractivity contribution in [2.75, 3.05) is 13.1 Å². The maximum atomic E-state index is 12.3. The number of aliphatic imine (C=N–C) groups is 1. The molecule has 1 amide bonds. The summed E-state index contributed by atoms with van der Waals surface area (Å²) in [4.78, 5) is 17.0. The van der Waals surface area contributed by atoms with Crippen molar-refractivity contribution in [2.24, 2.45) is 10.9 Å². The highest BCUT2D eigenvalue weighted by molar-refractivity contribution is 5.94. The first-order chi connectivity index (χ1) is 12.3. The summed E-state index contributed by atoms with van der Waals surface area (Å²) in [5.74, 6) is 1.43. The topological polar surface area (TPSA) is 65.5 Å². The summed E-state index contributed by atoms with van der Waals surface area (Å²) >= 11 is 0. The van der Waals surface area contributed by atoms with Crippen LogP contribution in [0.15, 0.2) is 29.3 Å². The molecule has 146 valence electrons. The van der Waals surface area contributed by atoms with Crippen LogP contribution in [0.1, 0.15) is 70.3 Å². The van der Waals surface area contributed by atoms with Crippen molar-refractivity contribution in [1.29, 1.82) is 0 Å². The second-order valence-electron chi connectivity index (χ2n) is 7.66. The zero-order valence-electron chi connectivity index (χ0n) is 17.3. The molecule has 5 nitrogen and oxygen atoms in total. The van der Waals surface area contributed by atoms with Crippen LogP contribution in [-0.4, -0.2) is 30.5 Å². The monoisotopic (exact) mass is 360 g/mol. The fraction of sp³-hybridized carbons (Fsp3) is 0.619. The van der Waals surface area contributed by atoms with E-state index in [1.807, 2.05) is 45.0 Å². The number of nitrogens with zero attached hydrogens (tertiary/aromatic N) is 1. The van der Waals surface area contributed by atoms with Gasteiger partial charge in [-0.2, -0.15) is 0 Å². The molecule has 26 heavy (non-hydrogen) atoms. The number of guanidine groups is 1. The molecule has 1 rings (SSSR count). The van der Waals surface area contributed by atoms with E-state index < -0.39 is 0 Å². The van der Waals surface area contributed by atoms with Gasteiger partial charge in [0.25, 0.3) is 5.91 Å². The molecule has 0 aliphatic rings. The molecule has 0 radical (unpaired) electrons. The molecule has 0 fully saturated rings. The minimum absolute atomic E-state index is 0.0536. The SMILES string of the molecule is CCNC(=NCc1cccc(C(=O)NC(C)(C)C)c1)NCC(CC)CC. The van der Waals surface area contributed by atoms with Crippen LogP contribution in [-0.2, 0) is 6.54 Å². The summed E-state index contributed by atoms with van der Waals surface area (Å²) in [5, 5.41) is 9.70. The number of hydrogen-bond donors (Lipinski definition) is 3. The van der Waals surface area contributed by atoms with Gasteiger partial charge < -0.3 is 16.0 Å². The average molecular weight is 361 g/mol. The largest absolute Gasteiger partial charge is 0.357 e. The van der Waals surface area contributed by atoms with Crippen LogP contribution in [0, 0.1) is 5.92 Å². The lowest BCUT2D eigenvalue weighted by Gasteiger charge is -2.20. The predicted molar refractivity (Wildman–Crippen MR) is 111 cm³/mol. The first kappa shape index (κ1) is 22.0. The number of carbonyl (C=O) groups is 1. The van der Waals surface area contributed by atoms with Gasteiger partial charge in [-0.05, 0) is 51.3 Å². The van der Waals surface area contributed by atoms with Crippen LogP contribution in [0.5, 0.6) is 0 Å². The Morgan fingerprint density at radius 3 is 2.38 bits per heavy atom. The number of nitrogens with one attached hydrogen (secondary N) is 3. The number of carbonyl (C=O) groups excluding carboxylic acids is 1. The molecule has 0 saturated carbocycles. The molecular weight excluding hydrogens is 324 g/mol. The summed E-state index contributed by atoms with van der Waals surface area (Å²) in [5.41, 5.74) is 1.44. The second kappa shape index (κ2) is 10.8. The van der Waals surface area contributed by atoms with Crippen molar-refractivity contribution < 1.29 is 4.79 Å². The number of rotatable bonds is 8. The lowest BCUT2D eigenvalue weighted by atomic mass is 10.0. The molecule has 0 unspecified atom stereocenters. The zero-order valence-corrected chi connectivity index (χ0v) is 17.3. The fourth-order valence-corrected chi connectivity index (χ4v) is 2.55. The lowest BCUT2D eigenvalue weighted by Crippen LogP contribution is -2.40. The summed E-state index contributed by atoms with van der Waals surface area (Å²) in [6.45, 7) is 14.7. The highest BCUT2D eigenvalue weighted by Crippen LogP contribution is 2.09. The maximum Gasteiger partial charge on any atom is 0.251 e. The van der Waals surface area contributed by atoms with Gasteiger partial charge in [0, 0.05) is 24.2 Å². The molecule has 1 aromatic carbocycles. The third kappa shape index (κ3) is 8.37. The van der Waals surface area contributed by atoms with Crippen molar-refractivity contribution in [3.63, 3.8) is 0 Å². The summed E-state index contributed by atoms with van der Waals surface area (Å²) < 4.78 is 0. The van der Waals surface area contributed by atoms with E-state index in [4.69, 9.17) is 0 Å². The zero-order chi connectivity index (χ0) is 19.6. The molecule has 0 heterocycles. The van der Waals surface area contributed by atoms with Crippen LogP contribution < -0.4 is 16.0 Å². The Labute approximate surface area is 159 Å². The Balaban J connectivity index is 2.77. The fourth-order valence-electron chi connectivity index (χ4n) is 2.55. The van der Waals surface area contributed by atoms with E-state index in [-0.39, 0.29) is 11.4 Å². The Morgan fingerprint density at radius 2 is 1.81 bits per heavy atom. The molecule has 0 aromatic heterocycles. The third-order valence-corrected chi connectivity index (χ3v) is 4.15. The van der Waals surface area contributed by atoms with Crippen LogP contribution in [0.4, 0.5) is 0 Å². The Hall–Kier alpha value is -2.04. The highest BCUT2D eigenvalue weighted by atomic mass is 16.1. The maximum absolute atomic E-state index is 12.3. The number of amides is 1. The minimum atomic E-state index is -0.248. The molecule has 0 spiro atoms. The standard InChI is InChI=1S/C21H36N4O/c1-7-16(8-2)14-23-20(22-9-3)24-15-17-11-10-12-18(13-17)19(26)25-21(4,5)6/h10-13,16H,7-9,14-15H2,1-6H3,(H,25,26)(H2,22,23,24). The molecule has 3 N–H and O–H groups in total. The first-order valence-corrected chi connectivity index (χ1v) is 9.72. The van der Waals surface area contributed by atoms with E-state index in [1.165, 1.54) is 0 Å². The molecular formula is C21H36N4O. The third-order valence-electron chi connectivity index (χ3n) is 4.15. The average Bonchev–Trinajstić information content (AvgIpc) is 2.59. The Kier molecular flexibility index (Phi) is 9.17. The van der Waals surface area contributed by atoms with Crippen LogP contribution in [0.3, 0.4) is 0 Å². The van der Waals surface area contributed by atoms with E-state index >= 15 is 0 Å². The Bertz CT molecular complexity index is 586. The van der Waals surface area contributed by atoms with Gasteiger partial charge in [0.05, 0.1) is 6.54 Å². The van der Waals surface area contributed by atoms with Gasteiger partial charge in [-0.25, -0.2) is 4.99 Å². The second-order valence-corrected chi connectivity index (χ2v) is 7.66. The quantitative estimate of drug-likeness (QED) is 0.489. The summed E-state index contributed by atoms with van der Waals surface area (Å²) in [6, 6.07) is 7.66. The van der Waals surface area contributed by atoms with Crippen molar-refractivity contribution in [3.8, 4) is 0 Å². The van der Waals surface area contributed by atoms with Crippen molar-refractivity contribution >= 4 is 11.9 Å². The molecule has 0 aliphatic carbocycles. The molecule has 1 aromatic rings. The van der Waals surface area contributed by atoms with Crippen LogP contribution >= 0.6 is 0 Å². The van der Waals surface area contributed by atoms with Gasteiger partial charge in [0.1, 0.15) is 0 Å². The Morgan fingerprint density at radius 1 is 1.12 bits per heavy atom. The summed E-state index contributed by atoms with van der Waals surface area (Å²) in [6.07, 6.45) is 2.32. The molecule has 0 bridgehead atoms. The number of hydrogen-bond acceptors (Lipinski definition) is 2. The highest BCUT2D eigenvalue weighted by Gasteiger charge is 2.15. The molecule has 0 saturated heterocycles. The van der Waals surface area contributed by atoms with Gasteiger partial charge in [-0.15, -0.1) is 0 Å². The molecule has 0 atom stereocenters. The minimum Gasteiger partial charge on any atom is -0.357 e. The molecule has 0 aliphatic heterocycles. The van der Waals surface area contributed by atoms with Crippen molar-refractivity contribution in [1.82, 2.24) is 16.0 Å². The summed E-state index contributed by atoms with van der Waals surface area (Å²) in [7, 11) is 0. The number of benzene rings is 1. The van der Waals surface area contributed by atoms with Crippen LogP contribution in [0.2, 0.25) is 0 Å². The van der Waals surface area contributed by atoms with Crippen LogP contribution in [0.25, 0.3) is 0 Å². The van der Waals surface area contributed by atoms with E-state index in [0.717, 1.165) is 37.5 Å². The lowest BCUT2D eigenvalue weighted by molar-refractivity contribution is 0.0919. The van der Waals surface area contributed by atoms with Gasteiger partial charge in [-0.3, -0.25) is 4.79 Å². The van der Waals surface area contributed by atoms with Crippen molar-refractivity contribution in [2.45, 2.75) is 66.5 Å². The van der Waals surface area contributed by atoms with Crippen molar-refractivity contribution in [3.05, 3.63) is 35.4 Å². The predicted octanol–water partition coefficient (Wildman–Crippen LogP) is 3.71. The van der Waals surface area contributed by atoms with E-state index in [2.05, 4.69) is 41.7 Å². The smallest absolute Gasteiger partial charge is 0.251 e. The van der Waals surface area contributed by atoms with E-state index in [9.17, 15) is 4.79 Å². The molecule has 5 heteroatoms. The normalized spacial score (nSPS) is 12.2. The van der Waals surface area contributed by atoms with E-state index in [1.54, 1.807) is 0 Å². The van der Waals surface area contributed by atoms with Gasteiger partial charge in [0.2, 0.25) is 0 Å². The first-order valence-electron chi connectivity index (χ1n) is 9.72. The van der Waals surface area contributed by atoms with E-state index in [0.29, 0.717) is 18.0 Å². The van der Waals surface area contributed by atoms with Gasteiger partial charge in [-0.1, -0.05) is 38.8 Å².